The van der Waals surface area contributed by atoms with Crippen molar-refractivity contribution in [2.75, 3.05) is 0 Å². The molecule has 0 aliphatic heterocycles. The third-order valence-corrected chi connectivity index (χ3v) is 0. The van der Waals surface area contributed by atoms with Crippen LogP contribution in [0.5, 0.6) is 0 Å². The summed E-state index contributed by atoms with van der Waals surface area (Å²) in [6.45, 7) is 0. The van der Waals surface area contributed by atoms with E-state index in [4.69, 9.17) is 0 Å². The summed E-state index contributed by atoms with van der Waals surface area (Å²) in [5.74, 6) is 0. The normalized spacial score (nSPS) is 0. The van der Waals surface area contributed by atoms with E-state index in [0.29, 0.717) is 0 Å². The average molecular weight is 614 g/mol. The summed E-state index contributed by atoms with van der Waals surface area (Å²) in [6.07, 6.45) is 0. The summed E-state index contributed by atoms with van der Waals surface area (Å²) >= 11 is 0. The molecule has 0 spiro atoms. The molecule has 6 radical (unpaired) electrons. The molecule has 0 N–H and O–H groups in total. The first-order chi connectivity index (χ1) is 0. The Bertz CT molecular complexity index is 33.0. The Hall–Kier alpha value is 3.98. The maximum Gasteiger partial charge on any atom is 3.00 e. The van der Waals surface area contributed by atoms with Gasteiger partial charge in [-0.1, -0.05) is 0 Å². The second-order valence-corrected chi connectivity index (χ2v) is 0. The Balaban J connectivity index is 0. The van der Waals surface area contributed by atoms with E-state index in [2.05, 4.69) is 0 Å². The molecule has 0 aromatic heterocycles. The first-order valence-electron chi connectivity index (χ1n) is 0. The van der Waals surface area contributed by atoms with Crippen molar-refractivity contribution in [2.45, 2.75) is 0 Å². The van der Waals surface area contributed by atoms with Gasteiger partial charge >= 0.3 is 141 Å². The van der Waals surface area contributed by atoms with Crippen LogP contribution in [-0.2, 0) is 190 Å². The third kappa shape index (κ3) is 408. The largest absolute Gasteiger partial charge is 3.00 e. The summed E-state index contributed by atoms with van der Waals surface area (Å²) in [6, 6.07) is 0. The predicted molar refractivity (Wildman–Crippen MR) is 6.18 cm³/mol. The zero-order chi connectivity index (χ0) is 0. The summed E-state index contributed by atoms with van der Waals surface area (Å²) in [4.78, 5) is 0. The Morgan fingerprint density at radius 1 is 0.294 bits per heavy atom. The Labute approximate surface area is 187 Å². The monoisotopic (exact) mass is 611 g/mol. The topological polar surface area (TPSA) is 256 Å². The van der Waals surface area contributed by atoms with Gasteiger partial charge in [-0.2, -0.15) is 0 Å². The van der Waals surface area contributed by atoms with E-state index in [0.717, 1.165) is 0 Å². The smallest absolute Gasteiger partial charge is 2.00 e. The number of rotatable bonds is 0. The molecule has 0 atom stereocenters. The molecular formula is Co2Fe2Mn2O9Zn2. The summed E-state index contributed by atoms with van der Waals surface area (Å²) in [5.41, 5.74) is 0. The maximum absolute atomic E-state index is 0. The van der Waals surface area contributed by atoms with Gasteiger partial charge in [-0.05, 0) is 0 Å². The maximum atomic E-state index is 0. The number of hydrogen-bond donors (Lipinski definition) is 0. The first-order valence-corrected chi connectivity index (χ1v) is 0. The van der Waals surface area contributed by atoms with Crippen LogP contribution in [0.25, 0.3) is 0 Å². The standard InChI is InChI=1S/2Co.2Fe.2Mn.9O.2Zn/q2*+2;2*+3;2*+2;9*-2;2*+2. The van der Waals surface area contributed by atoms with Crippen LogP contribution in [0.2, 0.25) is 0 Å². The van der Waals surface area contributed by atoms with Gasteiger partial charge in [0.1, 0.15) is 0 Å². The van der Waals surface area contributed by atoms with Gasteiger partial charge in [0.05, 0.1) is 0 Å². The second-order valence-electron chi connectivity index (χ2n) is 0. The quantitative estimate of drug-likeness (QED) is 0.295. The fourth-order valence-corrected chi connectivity index (χ4v) is 0. The van der Waals surface area contributed by atoms with Crippen molar-refractivity contribution in [2.24, 2.45) is 0 Å². The van der Waals surface area contributed by atoms with Crippen LogP contribution in [0, 0.1) is 0 Å². The van der Waals surface area contributed by atoms with Crippen LogP contribution < -0.4 is 0 Å². The van der Waals surface area contributed by atoms with Crippen molar-refractivity contribution < 1.29 is 190 Å². The van der Waals surface area contributed by atoms with Gasteiger partial charge in [-0.3, -0.25) is 0 Å². The Morgan fingerprint density at radius 2 is 0.294 bits per heavy atom. The van der Waals surface area contributed by atoms with Crippen LogP contribution >= 0.6 is 0 Å². The number of hydrogen-bond acceptors (Lipinski definition) is 0. The van der Waals surface area contributed by atoms with E-state index in [1.807, 2.05) is 0 Å². The molecule has 9 nitrogen and oxygen atoms in total. The average Bonchev–Trinajstić information content (AvgIpc) is 0. The van der Waals surface area contributed by atoms with Gasteiger partial charge in [-0.15, -0.1) is 0 Å². The van der Waals surface area contributed by atoms with Gasteiger partial charge in [0.25, 0.3) is 0 Å². The molecule has 0 aliphatic carbocycles. The van der Waals surface area contributed by atoms with E-state index in [9.17, 15) is 0 Å². The van der Waals surface area contributed by atoms with E-state index in [-0.39, 0.29) is 190 Å². The molecule has 0 saturated heterocycles. The zero-order valence-electron chi connectivity index (χ0n) is 7.22. The van der Waals surface area contributed by atoms with Crippen molar-refractivity contribution in [3.8, 4) is 0 Å². The first kappa shape index (κ1) is 529. The van der Waals surface area contributed by atoms with Crippen molar-refractivity contribution >= 4 is 0 Å². The molecule has 0 rings (SSSR count). The van der Waals surface area contributed by atoms with E-state index in [1.54, 1.807) is 0 Å². The molecule has 106 valence electrons. The zero-order valence-corrected chi connectivity index (χ0v) is 19.8. The van der Waals surface area contributed by atoms with Crippen LogP contribution in [0.4, 0.5) is 0 Å². The van der Waals surface area contributed by atoms with Crippen molar-refractivity contribution in [3.05, 3.63) is 0 Å². The minimum absolute atomic E-state index is 0. The van der Waals surface area contributed by atoms with Gasteiger partial charge < -0.3 is 49.3 Å². The molecule has 0 unspecified atom stereocenters. The van der Waals surface area contributed by atoms with E-state index in [1.165, 1.54) is 0 Å². The molecule has 0 aliphatic rings. The second kappa shape index (κ2) is 455. The van der Waals surface area contributed by atoms with Crippen LogP contribution in [0.3, 0.4) is 0 Å². The summed E-state index contributed by atoms with van der Waals surface area (Å²) in [7, 11) is 0. The molecule has 0 bridgehead atoms. The van der Waals surface area contributed by atoms with E-state index < -0.39 is 0 Å². The van der Waals surface area contributed by atoms with E-state index >= 15 is 0 Å². The Morgan fingerprint density at radius 3 is 0.294 bits per heavy atom. The fraction of sp³-hybridized carbons (Fsp3) is 0. The van der Waals surface area contributed by atoms with Gasteiger partial charge in [0.15, 0.2) is 0 Å². The van der Waals surface area contributed by atoms with Crippen LogP contribution in [-0.4, -0.2) is 0 Å². The van der Waals surface area contributed by atoms with Crippen molar-refractivity contribution in [1.82, 2.24) is 0 Å². The van der Waals surface area contributed by atoms with Gasteiger partial charge in [0.2, 0.25) is 0 Å². The molecule has 17 heavy (non-hydrogen) atoms. The van der Waals surface area contributed by atoms with Crippen LogP contribution in [0.1, 0.15) is 0 Å². The van der Waals surface area contributed by atoms with Gasteiger partial charge in [-0.25, -0.2) is 0 Å². The SMILES string of the molecule is [Co+2].[Co+2].[Fe+3].[Fe+3].[Mn+2].[Mn+2].[O-2].[O-2].[O-2].[O-2].[O-2].[O-2].[O-2].[O-2].[O-2].[Zn+2].[Zn+2]. The molecule has 0 heterocycles. The Kier molecular flexibility index (Phi) is 14200. The van der Waals surface area contributed by atoms with Gasteiger partial charge in [0, 0.05) is 0 Å². The minimum Gasteiger partial charge on any atom is -2.00 e. The van der Waals surface area contributed by atoms with Crippen molar-refractivity contribution in [1.29, 1.82) is 0 Å². The predicted octanol–water partition coefficient (Wildman–Crippen LogP) is -1.09. The summed E-state index contributed by atoms with van der Waals surface area (Å²) < 4.78 is 0. The summed E-state index contributed by atoms with van der Waals surface area (Å²) in [5, 5.41) is 0. The molecule has 0 amide bonds. The third-order valence-electron chi connectivity index (χ3n) is 0. The molecule has 0 aromatic rings. The molecule has 0 fully saturated rings. The molecule has 0 aromatic carbocycles. The molecular weight excluding hydrogens is 614 g/mol. The van der Waals surface area contributed by atoms with Crippen molar-refractivity contribution in [3.63, 3.8) is 0 Å². The molecule has 17 heteroatoms. The minimum atomic E-state index is 0. The molecule has 0 saturated carbocycles. The van der Waals surface area contributed by atoms with Crippen LogP contribution in [0.15, 0.2) is 0 Å². The fourth-order valence-electron chi connectivity index (χ4n) is 0.